The van der Waals surface area contributed by atoms with Gasteiger partial charge in [0, 0.05) is 29.8 Å². The fourth-order valence-electron chi connectivity index (χ4n) is 3.44. The van der Waals surface area contributed by atoms with Gasteiger partial charge in [-0.2, -0.15) is 0 Å². The van der Waals surface area contributed by atoms with Crippen molar-refractivity contribution in [2.75, 3.05) is 18.9 Å². The van der Waals surface area contributed by atoms with E-state index in [1.165, 1.54) is 4.90 Å². The van der Waals surface area contributed by atoms with Gasteiger partial charge < -0.3 is 10.2 Å². The number of hydrogen-bond acceptors (Lipinski definition) is 3. The molecule has 0 heterocycles. The van der Waals surface area contributed by atoms with Crippen molar-refractivity contribution in [3.8, 4) is 0 Å². The molecule has 1 aliphatic carbocycles. The molecule has 3 atom stereocenters. The zero-order chi connectivity index (χ0) is 17.9. The van der Waals surface area contributed by atoms with Crippen LogP contribution in [0.15, 0.2) is 24.3 Å². The lowest BCUT2D eigenvalue weighted by Gasteiger charge is -2.40. The number of aliphatic hydroxyl groups excluding tert-OH is 1. The average molecular weight is 354 g/mol. The molecule has 1 amide bonds. The predicted molar refractivity (Wildman–Crippen MR) is 94.4 cm³/mol. The Morgan fingerprint density at radius 3 is 2.62 bits per heavy atom. The molecular formula is C17H26N2O4S. The largest absolute Gasteiger partial charge is 0.465 e. The van der Waals surface area contributed by atoms with E-state index < -0.39 is 22.6 Å². The highest BCUT2D eigenvalue weighted by Gasteiger charge is 2.43. The van der Waals surface area contributed by atoms with Crippen LogP contribution in [0.3, 0.4) is 0 Å². The van der Waals surface area contributed by atoms with Crippen LogP contribution in [0.4, 0.5) is 4.79 Å². The highest BCUT2D eigenvalue weighted by atomic mass is 32.2. The second-order valence-corrected chi connectivity index (χ2v) is 8.34. The minimum Gasteiger partial charge on any atom is -0.465 e. The number of benzene rings is 1. The van der Waals surface area contributed by atoms with Gasteiger partial charge in [0.25, 0.3) is 0 Å². The second-order valence-electron chi connectivity index (χ2n) is 7.03. The summed E-state index contributed by atoms with van der Waals surface area (Å²) in [5.74, 6) is 0.185. The van der Waals surface area contributed by atoms with E-state index in [4.69, 9.17) is 5.11 Å². The molecule has 0 spiro atoms. The summed E-state index contributed by atoms with van der Waals surface area (Å²) in [7, 11) is -1.32. The van der Waals surface area contributed by atoms with E-state index in [2.05, 4.69) is 4.72 Å². The van der Waals surface area contributed by atoms with E-state index in [9.17, 15) is 14.1 Å². The van der Waals surface area contributed by atoms with E-state index in [1.807, 2.05) is 45.0 Å². The van der Waals surface area contributed by atoms with Gasteiger partial charge in [-0.15, -0.1) is 0 Å². The Balaban J connectivity index is 2.32. The highest BCUT2D eigenvalue weighted by molar-refractivity contribution is 7.83. The van der Waals surface area contributed by atoms with Gasteiger partial charge in [0.05, 0.1) is 17.6 Å². The van der Waals surface area contributed by atoms with E-state index in [0.29, 0.717) is 12.2 Å². The second kappa shape index (κ2) is 7.63. The third-order valence-corrected chi connectivity index (χ3v) is 5.50. The van der Waals surface area contributed by atoms with Crippen LogP contribution in [-0.2, 0) is 17.4 Å². The van der Waals surface area contributed by atoms with Crippen LogP contribution in [0.2, 0.25) is 0 Å². The summed E-state index contributed by atoms with van der Waals surface area (Å²) in [6.45, 7) is 5.81. The summed E-state index contributed by atoms with van der Waals surface area (Å²) in [6, 6.07) is 7.63. The number of carbonyl (C=O) groups is 1. The van der Waals surface area contributed by atoms with Crippen LogP contribution in [0.5, 0.6) is 0 Å². The van der Waals surface area contributed by atoms with Crippen LogP contribution >= 0.6 is 0 Å². The molecule has 0 unspecified atom stereocenters. The first-order chi connectivity index (χ1) is 11.3. The van der Waals surface area contributed by atoms with Crippen molar-refractivity contribution >= 4 is 17.1 Å². The molecule has 2 rings (SSSR count). The van der Waals surface area contributed by atoms with E-state index in [-0.39, 0.29) is 25.1 Å². The van der Waals surface area contributed by atoms with Gasteiger partial charge >= 0.3 is 6.09 Å². The van der Waals surface area contributed by atoms with Crippen LogP contribution in [0, 0.1) is 0 Å². The zero-order valence-electron chi connectivity index (χ0n) is 14.4. The molecule has 134 valence electrons. The lowest BCUT2D eigenvalue weighted by Crippen LogP contribution is -2.53. The molecule has 24 heavy (non-hydrogen) atoms. The molecule has 0 aromatic heterocycles. The molecule has 6 nitrogen and oxygen atoms in total. The van der Waals surface area contributed by atoms with Crippen molar-refractivity contribution in [1.82, 2.24) is 9.62 Å². The van der Waals surface area contributed by atoms with E-state index in [1.54, 1.807) is 0 Å². The number of amides is 1. The Morgan fingerprint density at radius 1 is 1.38 bits per heavy atom. The smallest absolute Gasteiger partial charge is 0.408 e. The first kappa shape index (κ1) is 18.9. The fourth-order valence-corrected chi connectivity index (χ4v) is 4.60. The fraction of sp³-hybridized carbons (Fsp3) is 0.588. The van der Waals surface area contributed by atoms with Crippen molar-refractivity contribution in [1.29, 1.82) is 0 Å². The third-order valence-electron chi connectivity index (χ3n) is 4.31. The minimum absolute atomic E-state index is 0.0837. The van der Waals surface area contributed by atoms with Crippen molar-refractivity contribution in [3.05, 3.63) is 35.4 Å². The molecule has 0 radical (unpaired) electrons. The molecule has 0 saturated carbocycles. The Labute approximate surface area is 145 Å². The van der Waals surface area contributed by atoms with Gasteiger partial charge in [-0.3, -0.25) is 4.90 Å². The molecule has 0 bridgehead atoms. The number of nitrogens with one attached hydrogen (secondary N) is 1. The summed E-state index contributed by atoms with van der Waals surface area (Å²) in [5.41, 5.74) is 1.64. The van der Waals surface area contributed by atoms with Gasteiger partial charge in [0.15, 0.2) is 0 Å². The van der Waals surface area contributed by atoms with Crippen molar-refractivity contribution < 1.29 is 19.2 Å². The maximum Gasteiger partial charge on any atom is 0.408 e. The Hall–Kier alpha value is -1.44. The van der Waals surface area contributed by atoms with Crippen molar-refractivity contribution in [3.63, 3.8) is 0 Å². The molecule has 3 N–H and O–H groups in total. The molecule has 1 aromatic carbocycles. The summed E-state index contributed by atoms with van der Waals surface area (Å²) in [6.07, 6.45) is -0.332. The predicted octanol–water partition coefficient (Wildman–Crippen LogP) is 1.72. The van der Waals surface area contributed by atoms with Gasteiger partial charge in [0.1, 0.15) is 0 Å². The molecule has 0 saturated heterocycles. The number of nitrogens with zero attached hydrogens (tertiary/aromatic N) is 1. The van der Waals surface area contributed by atoms with E-state index in [0.717, 1.165) is 11.1 Å². The number of rotatable bonds is 6. The normalized spacial score (nSPS) is 21.3. The maximum absolute atomic E-state index is 12.3. The number of aliphatic hydroxyl groups is 1. The maximum atomic E-state index is 12.3. The molecule has 1 aromatic rings. The number of fused-ring (bicyclic) bond motifs is 1. The first-order valence-electron chi connectivity index (χ1n) is 8.08. The molecule has 0 fully saturated rings. The highest BCUT2D eigenvalue weighted by Crippen LogP contribution is 2.39. The third kappa shape index (κ3) is 4.15. The van der Waals surface area contributed by atoms with Crippen molar-refractivity contribution in [2.45, 2.75) is 44.7 Å². The monoisotopic (exact) mass is 354 g/mol. The molecule has 1 aliphatic rings. The van der Waals surface area contributed by atoms with Crippen LogP contribution in [0.1, 0.15) is 37.8 Å². The topological polar surface area (TPSA) is 89.9 Å². The lowest BCUT2D eigenvalue weighted by atomic mass is 9.95. The van der Waals surface area contributed by atoms with Crippen molar-refractivity contribution in [2.24, 2.45) is 0 Å². The van der Waals surface area contributed by atoms with Gasteiger partial charge in [-0.25, -0.2) is 13.7 Å². The van der Waals surface area contributed by atoms with Gasteiger partial charge in [0.2, 0.25) is 0 Å². The quantitative estimate of drug-likeness (QED) is 0.726. The SMILES string of the molecule is CC(C)(C)N(C(=O)O)[C@@H]1Cc2ccccc2[C@H]1C[S@@](=O)NCCO. The molecular weight excluding hydrogens is 328 g/mol. The summed E-state index contributed by atoms with van der Waals surface area (Å²) >= 11 is 0. The number of hydrogen-bond donors (Lipinski definition) is 3. The van der Waals surface area contributed by atoms with Crippen LogP contribution in [0.25, 0.3) is 0 Å². The molecule has 7 heteroatoms. The summed E-state index contributed by atoms with van der Waals surface area (Å²) < 4.78 is 15.1. The zero-order valence-corrected chi connectivity index (χ0v) is 15.2. The first-order valence-corrected chi connectivity index (χ1v) is 9.40. The minimum atomic E-state index is -1.32. The van der Waals surface area contributed by atoms with E-state index >= 15 is 0 Å². The summed E-state index contributed by atoms with van der Waals surface area (Å²) in [5, 5.41) is 18.6. The standard InChI is InChI=1S/C17H26N2O4S/c1-17(2,3)19(16(21)22)15-10-12-6-4-5-7-13(12)14(15)11-24(23)18-8-9-20/h4-7,14-15,18,20H,8-11H2,1-3H3,(H,21,22)/t14-,15-,24-/m1/s1. The van der Waals surface area contributed by atoms with Crippen LogP contribution in [-0.4, -0.2) is 55.9 Å². The number of carboxylic acid groups (broad SMARTS) is 1. The lowest BCUT2D eigenvalue weighted by molar-refractivity contribution is 0.0666. The Morgan fingerprint density at radius 2 is 2.04 bits per heavy atom. The van der Waals surface area contributed by atoms with Gasteiger partial charge in [-0.1, -0.05) is 24.3 Å². The Bertz CT molecular complexity index is 615. The average Bonchev–Trinajstić information content (AvgIpc) is 2.81. The Kier molecular flexibility index (Phi) is 6.01. The van der Waals surface area contributed by atoms with Crippen LogP contribution < -0.4 is 4.72 Å². The molecule has 0 aliphatic heterocycles. The summed E-state index contributed by atoms with van der Waals surface area (Å²) in [4.78, 5) is 13.4. The van der Waals surface area contributed by atoms with Gasteiger partial charge in [-0.05, 0) is 38.3 Å².